The van der Waals surface area contributed by atoms with Crippen molar-refractivity contribution < 1.29 is 31.6 Å². The highest BCUT2D eigenvalue weighted by Crippen LogP contribution is 2.43. The lowest BCUT2D eigenvalue weighted by Crippen LogP contribution is -2.15. The first-order valence-corrected chi connectivity index (χ1v) is 10.4. The van der Waals surface area contributed by atoms with Crippen LogP contribution in [0.15, 0.2) is 53.2 Å². The number of nitrogens with zero attached hydrogens (tertiary/aromatic N) is 3. The van der Waals surface area contributed by atoms with Gasteiger partial charge in [-0.2, -0.15) is 18.3 Å². The molecule has 0 radical (unpaired) electrons. The van der Waals surface area contributed by atoms with Crippen molar-refractivity contribution in [3.05, 3.63) is 75.8 Å². The molecule has 4 aromatic rings. The topological polar surface area (TPSA) is 70.2 Å². The van der Waals surface area contributed by atoms with Crippen molar-refractivity contribution in [2.75, 3.05) is 6.61 Å². The molecule has 2 heterocycles. The third kappa shape index (κ3) is 4.14. The molecule has 0 unspecified atom stereocenters. The highest BCUT2D eigenvalue weighted by Gasteiger charge is 2.42. The quantitative estimate of drug-likeness (QED) is 0.216. The summed E-state index contributed by atoms with van der Waals surface area (Å²) in [6.45, 7) is 1.39. The molecule has 6 nitrogen and oxygen atoms in total. The Balaban J connectivity index is 2.02. The molecule has 176 valence electrons. The Morgan fingerprint density at radius 3 is 2.47 bits per heavy atom. The number of alkyl halides is 3. The second-order valence-electron chi connectivity index (χ2n) is 6.82. The van der Waals surface area contributed by atoms with Crippen molar-refractivity contribution in [1.29, 1.82) is 0 Å². The molecule has 2 aromatic heterocycles. The van der Waals surface area contributed by atoms with Crippen LogP contribution >= 0.6 is 23.2 Å². The van der Waals surface area contributed by atoms with E-state index in [2.05, 4.69) is 10.3 Å². The van der Waals surface area contributed by atoms with Gasteiger partial charge in [0, 0.05) is 0 Å². The highest BCUT2D eigenvalue weighted by atomic mass is 35.5. The maximum Gasteiger partial charge on any atom is 0.434 e. The standard InChI is InChI=1S/C22H13Cl2F4N3O3/c1-2-33-21(32)17-18(16-13(24)7-5-8-14(16)25)30-34-19(17)11-10-29-31(20(11)22(26,27)28)15-9-4-3-6-12(15)23/h3-10H,2H2,1H3. The zero-order chi connectivity index (χ0) is 24.6. The van der Waals surface area contributed by atoms with E-state index in [-0.39, 0.29) is 27.9 Å². The average molecular weight is 514 g/mol. The van der Waals surface area contributed by atoms with Crippen LogP contribution in [0.25, 0.3) is 28.3 Å². The summed E-state index contributed by atoms with van der Waals surface area (Å²) in [4.78, 5) is 12.8. The second kappa shape index (κ2) is 9.11. The maximum atomic E-state index is 14.6. The Morgan fingerprint density at radius 2 is 1.82 bits per heavy atom. The van der Waals surface area contributed by atoms with E-state index < -0.39 is 46.2 Å². The minimum absolute atomic E-state index is 0.00432. The monoisotopic (exact) mass is 513 g/mol. The summed E-state index contributed by atoms with van der Waals surface area (Å²) >= 11 is 12.2. The van der Waals surface area contributed by atoms with Gasteiger partial charge in [-0.3, -0.25) is 0 Å². The van der Waals surface area contributed by atoms with Crippen molar-refractivity contribution in [1.82, 2.24) is 14.9 Å². The number of aromatic nitrogens is 3. The zero-order valence-electron chi connectivity index (χ0n) is 17.2. The summed E-state index contributed by atoms with van der Waals surface area (Å²) < 4.78 is 68.0. The molecule has 0 aliphatic rings. The molecule has 0 amide bonds. The molecule has 0 aliphatic carbocycles. The number of hydrogen-bond donors (Lipinski definition) is 0. The van der Waals surface area contributed by atoms with E-state index in [9.17, 15) is 22.4 Å². The number of ether oxygens (including phenoxy) is 1. The molecule has 0 bridgehead atoms. The van der Waals surface area contributed by atoms with Crippen LogP contribution in [0.1, 0.15) is 23.0 Å². The highest BCUT2D eigenvalue weighted by molar-refractivity contribution is 6.33. The van der Waals surface area contributed by atoms with Crippen LogP contribution in [0.2, 0.25) is 10.0 Å². The molecule has 34 heavy (non-hydrogen) atoms. The van der Waals surface area contributed by atoms with Gasteiger partial charge in [-0.1, -0.05) is 46.6 Å². The fourth-order valence-corrected chi connectivity index (χ4v) is 3.82. The molecule has 0 spiro atoms. The largest absolute Gasteiger partial charge is 0.462 e. The van der Waals surface area contributed by atoms with Crippen LogP contribution in [0.5, 0.6) is 0 Å². The molecular weight excluding hydrogens is 501 g/mol. The van der Waals surface area contributed by atoms with Crippen molar-refractivity contribution in [2.24, 2.45) is 0 Å². The summed E-state index contributed by atoms with van der Waals surface area (Å²) in [5, 5.41) is 7.38. The van der Waals surface area contributed by atoms with Gasteiger partial charge in [-0.05, 0) is 31.2 Å². The number of esters is 1. The lowest BCUT2D eigenvalue weighted by molar-refractivity contribution is -0.142. The Bertz CT molecular complexity index is 1360. The van der Waals surface area contributed by atoms with Crippen molar-refractivity contribution in [3.8, 4) is 28.3 Å². The second-order valence-corrected chi connectivity index (χ2v) is 7.63. The molecule has 12 heteroatoms. The number of carbonyl (C=O) groups excluding carboxylic acids is 1. The van der Waals surface area contributed by atoms with Gasteiger partial charge >= 0.3 is 12.1 Å². The van der Waals surface area contributed by atoms with Gasteiger partial charge < -0.3 is 9.26 Å². The van der Waals surface area contributed by atoms with Crippen LogP contribution < -0.4 is 0 Å². The fraction of sp³-hybridized carbons (Fsp3) is 0.136. The molecule has 2 aromatic carbocycles. The zero-order valence-corrected chi connectivity index (χ0v) is 18.7. The third-order valence-corrected chi connectivity index (χ3v) is 5.37. The van der Waals surface area contributed by atoms with Crippen LogP contribution in [0, 0.1) is 5.82 Å². The Morgan fingerprint density at radius 1 is 1.12 bits per heavy atom. The van der Waals surface area contributed by atoms with E-state index >= 15 is 0 Å². The predicted molar refractivity (Wildman–Crippen MR) is 115 cm³/mol. The number of halogens is 6. The third-order valence-electron chi connectivity index (χ3n) is 4.73. The van der Waals surface area contributed by atoms with E-state index in [4.69, 9.17) is 32.5 Å². The Labute approximate surface area is 199 Å². The summed E-state index contributed by atoms with van der Waals surface area (Å²) in [7, 11) is 0. The smallest absolute Gasteiger partial charge is 0.434 e. The van der Waals surface area contributed by atoms with Gasteiger partial charge in [-0.25, -0.2) is 13.9 Å². The first kappa shape index (κ1) is 23.8. The molecule has 0 N–H and O–H groups in total. The summed E-state index contributed by atoms with van der Waals surface area (Å²) in [5.74, 6) is -2.55. The Hall–Kier alpha value is -3.37. The normalized spacial score (nSPS) is 11.6. The lowest BCUT2D eigenvalue weighted by Gasteiger charge is -2.13. The summed E-state index contributed by atoms with van der Waals surface area (Å²) in [6, 6.07) is 9.48. The van der Waals surface area contributed by atoms with Crippen LogP contribution in [0.3, 0.4) is 0 Å². The van der Waals surface area contributed by atoms with Gasteiger partial charge in [0.25, 0.3) is 0 Å². The molecule has 4 rings (SSSR count). The predicted octanol–water partition coefficient (Wildman–Crippen LogP) is 6.84. The molecule has 0 aliphatic heterocycles. The van der Waals surface area contributed by atoms with Gasteiger partial charge in [0.2, 0.25) is 0 Å². The molecule has 0 saturated heterocycles. The lowest BCUT2D eigenvalue weighted by atomic mass is 10.0. The number of rotatable bonds is 5. The first-order chi connectivity index (χ1) is 16.1. The van der Waals surface area contributed by atoms with Crippen LogP contribution in [0.4, 0.5) is 17.6 Å². The summed E-state index contributed by atoms with van der Waals surface area (Å²) in [5.41, 5.74) is -3.23. The van der Waals surface area contributed by atoms with Gasteiger partial charge in [-0.15, -0.1) is 0 Å². The van der Waals surface area contributed by atoms with E-state index in [1.807, 2.05) is 0 Å². The van der Waals surface area contributed by atoms with Crippen molar-refractivity contribution >= 4 is 29.2 Å². The van der Waals surface area contributed by atoms with Gasteiger partial charge in [0.05, 0.1) is 39.7 Å². The molecular formula is C22H13Cl2F4N3O3. The molecule has 0 fully saturated rings. The number of carbonyl (C=O) groups is 1. The van der Waals surface area contributed by atoms with E-state index in [1.54, 1.807) is 6.07 Å². The van der Waals surface area contributed by atoms with Crippen molar-refractivity contribution in [2.45, 2.75) is 13.1 Å². The maximum absolute atomic E-state index is 14.6. The first-order valence-electron chi connectivity index (χ1n) is 9.66. The molecule has 0 saturated carbocycles. The number of hydrogen-bond acceptors (Lipinski definition) is 5. The van der Waals surface area contributed by atoms with Gasteiger partial charge in [0.1, 0.15) is 17.1 Å². The number of benzene rings is 2. The van der Waals surface area contributed by atoms with Crippen LogP contribution in [-0.4, -0.2) is 27.5 Å². The van der Waals surface area contributed by atoms with E-state index in [1.165, 1.54) is 37.3 Å². The fourth-order valence-electron chi connectivity index (χ4n) is 3.35. The average Bonchev–Trinajstić information content (AvgIpc) is 3.38. The minimum atomic E-state index is -4.96. The van der Waals surface area contributed by atoms with Gasteiger partial charge in [0.15, 0.2) is 11.5 Å². The summed E-state index contributed by atoms with van der Waals surface area (Å²) in [6.07, 6.45) is -4.11. The minimum Gasteiger partial charge on any atom is -0.462 e. The molecule has 0 atom stereocenters. The number of para-hydroxylation sites is 1. The van der Waals surface area contributed by atoms with Crippen molar-refractivity contribution in [3.63, 3.8) is 0 Å². The Kier molecular flexibility index (Phi) is 6.37. The van der Waals surface area contributed by atoms with Crippen LogP contribution in [-0.2, 0) is 10.9 Å². The van der Waals surface area contributed by atoms with E-state index in [0.29, 0.717) is 4.68 Å². The van der Waals surface area contributed by atoms with E-state index in [0.717, 1.165) is 12.3 Å². The SMILES string of the molecule is CCOC(=O)c1c(-c2c(F)cccc2Cl)noc1-c1cnn(-c2ccccc2Cl)c1C(F)(F)F.